The Morgan fingerprint density at radius 1 is 1.53 bits per heavy atom. The number of halogens is 4. The van der Waals surface area contributed by atoms with Gasteiger partial charge in [-0.05, 0) is 6.42 Å². The van der Waals surface area contributed by atoms with Gasteiger partial charge in [0.05, 0.1) is 11.2 Å². The van der Waals surface area contributed by atoms with Gasteiger partial charge >= 0.3 is 6.18 Å². The summed E-state index contributed by atoms with van der Waals surface area (Å²) in [5, 5.41) is 6.33. The van der Waals surface area contributed by atoms with Gasteiger partial charge in [0.25, 0.3) is 5.56 Å². The second-order valence-electron chi connectivity index (χ2n) is 3.68. The van der Waals surface area contributed by atoms with E-state index in [1.807, 2.05) is 0 Å². The molecule has 0 aliphatic rings. The average molecular weight is 294 g/mol. The Labute approximate surface area is 112 Å². The van der Waals surface area contributed by atoms with E-state index in [0.717, 1.165) is 4.68 Å². The molecule has 0 amide bonds. The lowest BCUT2D eigenvalue weighted by molar-refractivity contribution is -0.134. The molecule has 0 unspecified atom stereocenters. The highest BCUT2D eigenvalue weighted by Gasteiger charge is 2.26. The molecule has 1 aromatic heterocycles. The predicted molar refractivity (Wildman–Crippen MR) is 66.1 cm³/mol. The summed E-state index contributed by atoms with van der Waals surface area (Å²) in [4.78, 5) is 11.8. The van der Waals surface area contributed by atoms with Crippen molar-refractivity contribution in [3.05, 3.63) is 21.6 Å². The van der Waals surface area contributed by atoms with Gasteiger partial charge in [-0.15, -0.1) is 6.42 Å². The van der Waals surface area contributed by atoms with Crippen LogP contribution in [0.1, 0.15) is 12.8 Å². The lowest BCUT2D eigenvalue weighted by Gasteiger charge is -2.10. The number of terminal acetylenes is 1. The summed E-state index contributed by atoms with van der Waals surface area (Å²) in [6.07, 6.45) is 0.973. The summed E-state index contributed by atoms with van der Waals surface area (Å²) in [5.41, 5.74) is -0.549. The molecule has 19 heavy (non-hydrogen) atoms. The van der Waals surface area contributed by atoms with Crippen LogP contribution >= 0.6 is 11.6 Å². The van der Waals surface area contributed by atoms with Crippen molar-refractivity contribution < 1.29 is 13.2 Å². The standard InChI is InChI=1S/C11H11ClF3N3O/c1-2-6-18-10(19)9(8(12)7-17-18)16-5-3-4-11(13,14)15/h1,7,16H,3-6H2. The Morgan fingerprint density at radius 3 is 2.79 bits per heavy atom. The molecular weight excluding hydrogens is 283 g/mol. The molecule has 1 heterocycles. The predicted octanol–water partition coefficient (Wildman–Crippen LogP) is 2.28. The van der Waals surface area contributed by atoms with E-state index in [0.29, 0.717) is 0 Å². The van der Waals surface area contributed by atoms with E-state index in [-0.39, 0.29) is 30.2 Å². The molecule has 0 aliphatic heterocycles. The van der Waals surface area contributed by atoms with E-state index >= 15 is 0 Å². The van der Waals surface area contributed by atoms with Gasteiger partial charge in [-0.3, -0.25) is 4.79 Å². The monoisotopic (exact) mass is 293 g/mol. The Kier molecular flexibility index (Phi) is 5.24. The van der Waals surface area contributed by atoms with Gasteiger partial charge < -0.3 is 5.32 Å². The quantitative estimate of drug-likeness (QED) is 0.669. The van der Waals surface area contributed by atoms with Crippen molar-refractivity contribution >= 4 is 17.3 Å². The number of rotatable bonds is 5. The van der Waals surface area contributed by atoms with Crippen LogP contribution in [0, 0.1) is 12.3 Å². The number of nitrogens with zero attached hydrogens (tertiary/aromatic N) is 2. The fourth-order valence-corrected chi connectivity index (χ4v) is 1.52. The van der Waals surface area contributed by atoms with Crippen LogP contribution in [0.3, 0.4) is 0 Å². The summed E-state index contributed by atoms with van der Waals surface area (Å²) in [7, 11) is 0. The summed E-state index contributed by atoms with van der Waals surface area (Å²) in [6.45, 7) is -0.0538. The zero-order valence-electron chi connectivity index (χ0n) is 9.80. The maximum Gasteiger partial charge on any atom is 0.389 e. The molecule has 0 saturated heterocycles. The molecule has 0 aromatic carbocycles. The van der Waals surface area contributed by atoms with Gasteiger partial charge in [0.1, 0.15) is 12.2 Å². The number of nitrogens with one attached hydrogen (secondary N) is 1. The molecular formula is C11H11ClF3N3O. The van der Waals surface area contributed by atoms with Gasteiger partial charge in [-0.25, -0.2) is 4.68 Å². The largest absolute Gasteiger partial charge is 0.389 e. The zero-order chi connectivity index (χ0) is 14.5. The highest BCUT2D eigenvalue weighted by atomic mass is 35.5. The molecule has 104 valence electrons. The van der Waals surface area contributed by atoms with Gasteiger partial charge in [0.2, 0.25) is 0 Å². The smallest absolute Gasteiger partial charge is 0.379 e. The lowest BCUT2D eigenvalue weighted by Crippen LogP contribution is -2.26. The molecule has 0 fully saturated rings. The number of anilines is 1. The van der Waals surface area contributed by atoms with Crippen molar-refractivity contribution in [2.45, 2.75) is 25.6 Å². The topological polar surface area (TPSA) is 46.9 Å². The SMILES string of the molecule is C#CCn1ncc(Cl)c(NCCCC(F)(F)F)c1=O. The summed E-state index contributed by atoms with van der Waals surface area (Å²) in [5.74, 6) is 2.24. The van der Waals surface area contributed by atoms with E-state index in [2.05, 4.69) is 16.3 Å². The van der Waals surface area contributed by atoms with Crippen molar-refractivity contribution in [2.75, 3.05) is 11.9 Å². The molecule has 1 N–H and O–H groups in total. The molecule has 1 aromatic rings. The second-order valence-corrected chi connectivity index (χ2v) is 4.09. The molecule has 0 radical (unpaired) electrons. The van der Waals surface area contributed by atoms with Crippen LogP contribution < -0.4 is 10.9 Å². The Balaban J connectivity index is 2.71. The van der Waals surface area contributed by atoms with E-state index in [4.69, 9.17) is 18.0 Å². The number of alkyl halides is 3. The van der Waals surface area contributed by atoms with Crippen molar-refractivity contribution in [1.29, 1.82) is 0 Å². The number of hydrogen-bond acceptors (Lipinski definition) is 3. The lowest BCUT2D eigenvalue weighted by atomic mass is 10.3. The summed E-state index contributed by atoms with van der Waals surface area (Å²) >= 11 is 5.76. The molecule has 8 heteroatoms. The van der Waals surface area contributed by atoms with E-state index in [9.17, 15) is 18.0 Å². The first-order valence-corrected chi connectivity index (χ1v) is 5.72. The van der Waals surface area contributed by atoms with Crippen LogP contribution in [0.2, 0.25) is 5.02 Å². The van der Waals surface area contributed by atoms with Gasteiger partial charge in [-0.2, -0.15) is 18.3 Å². The molecule has 0 atom stereocenters. The maximum atomic E-state index is 12.0. The third-order valence-corrected chi connectivity index (χ3v) is 2.46. The molecule has 4 nitrogen and oxygen atoms in total. The van der Waals surface area contributed by atoms with Crippen LogP contribution in [0.25, 0.3) is 0 Å². The number of aromatic nitrogens is 2. The van der Waals surface area contributed by atoms with Crippen molar-refractivity contribution in [3.63, 3.8) is 0 Å². The van der Waals surface area contributed by atoms with Crippen molar-refractivity contribution in [3.8, 4) is 12.3 Å². The first-order chi connectivity index (χ1) is 8.85. The normalized spacial score (nSPS) is 11.1. The highest BCUT2D eigenvalue weighted by Crippen LogP contribution is 2.21. The molecule has 0 bridgehead atoms. The van der Waals surface area contributed by atoms with Crippen LogP contribution in [-0.4, -0.2) is 22.5 Å². The Bertz CT molecular complexity index is 533. The summed E-state index contributed by atoms with van der Waals surface area (Å²) < 4.78 is 36.9. The van der Waals surface area contributed by atoms with E-state index in [1.165, 1.54) is 6.20 Å². The van der Waals surface area contributed by atoms with E-state index < -0.39 is 18.2 Å². The van der Waals surface area contributed by atoms with Gasteiger partial charge in [0, 0.05) is 13.0 Å². The third kappa shape index (κ3) is 4.83. The fourth-order valence-electron chi connectivity index (χ4n) is 1.33. The first kappa shape index (κ1) is 15.4. The van der Waals surface area contributed by atoms with E-state index in [1.54, 1.807) is 0 Å². The van der Waals surface area contributed by atoms with Gasteiger partial charge in [-0.1, -0.05) is 17.5 Å². The third-order valence-electron chi connectivity index (χ3n) is 2.18. The zero-order valence-corrected chi connectivity index (χ0v) is 10.6. The minimum absolute atomic E-state index is 0.00842. The molecule has 0 aliphatic carbocycles. The number of hydrogen-bond donors (Lipinski definition) is 1. The average Bonchev–Trinajstić information content (AvgIpc) is 2.30. The first-order valence-electron chi connectivity index (χ1n) is 5.35. The van der Waals surface area contributed by atoms with Crippen molar-refractivity contribution in [2.24, 2.45) is 0 Å². The highest BCUT2D eigenvalue weighted by molar-refractivity contribution is 6.32. The van der Waals surface area contributed by atoms with Crippen LogP contribution in [0.4, 0.5) is 18.9 Å². The molecule has 0 saturated carbocycles. The second kappa shape index (κ2) is 6.48. The van der Waals surface area contributed by atoms with Crippen molar-refractivity contribution in [1.82, 2.24) is 9.78 Å². The molecule has 1 rings (SSSR count). The Hall–Kier alpha value is -1.68. The van der Waals surface area contributed by atoms with Crippen LogP contribution in [0.15, 0.2) is 11.0 Å². The van der Waals surface area contributed by atoms with Crippen LogP contribution in [-0.2, 0) is 6.54 Å². The van der Waals surface area contributed by atoms with Gasteiger partial charge in [0.15, 0.2) is 0 Å². The molecule has 0 spiro atoms. The summed E-state index contributed by atoms with van der Waals surface area (Å²) in [6, 6.07) is 0. The Morgan fingerprint density at radius 2 is 2.21 bits per heavy atom. The maximum absolute atomic E-state index is 12.0. The van der Waals surface area contributed by atoms with Crippen LogP contribution in [0.5, 0.6) is 0 Å². The minimum Gasteiger partial charge on any atom is -0.379 e. The minimum atomic E-state index is -4.21. The fraction of sp³-hybridized carbons (Fsp3) is 0.455.